The Morgan fingerprint density at radius 1 is 1.28 bits per heavy atom. The lowest BCUT2D eigenvalue weighted by atomic mass is 9.77. The first kappa shape index (κ1) is 17.3. The van der Waals surface area contributed by atoms with Crippen molar-refractivity contribution in [2.75, 3.05) is 18.5 Å². The van der Waals surface area contributed by atoms with Crippen LogP contribution in [0.4, 0.5) is 10.5 Å². The minimum atomic E-state index is -0.845. The number of para-hydroxylation sites is 1. The largest absolute Gasteiger partial charge is 0.365 e. The fourth-order valence-electron chi connectivity index (χ4n) is 3.46. The minimum Gasteiger partial charge on any atom is -0.365 e. The molecule has 134 valence electrons. The molecule has 7 nitrogen and oxygen atoms in total. The van der Waals surface area contributed by atoms with Crippen molar-refractivity contribution in [2.45, 2.75) is 38.1 Å². The fraction of sp³-hybridized carbons (Fsp3) is 0.500. The third-order valence-electron chi connectivity index (χ3n) is 5.10. The number of carbonyl (C=O) groups excluding carboxylic acids is 3. The SMILES string of the molecule is CC1CCC2(CC1)NC(=O)N(NC(=O)CN(C)c1ccccc1)C2=O. The molecular formula is C18H24N4O3. The number of nitrogens with zero attached hydrogens (tertiary/aromatic N) is 2. The quantitative estimate of drug-likeness (QED) is 0.814. The van der Waals surface area contributed by atoms with Crippen LogP contribution >= 0.6 is 0 Å². The molecule has 3 rings (SSSR count). The van der Waals surface area contributed by atoms with E-state index in [1.807, 2.05) is 30.3 Å². The second kappa shape index (κ2) is 6.74. The Morgan fingerprint density at radius 2 is 1.92 bits per heavy atom. The van der Waals surface area contributed by atoms with E-state index in [9.17, 15) is 14.4 Å². The second-order valence-electron chi connectivity index (χ2n) is 7.06. The first-order valence-corrected chi connectivity index (χ1v) is 8.64. The lowest BCUT2D eigenvalue weighted by Crippen LogP contribution is -2.52. The first-order valence-electron chi connectivity index (χ1n) is 8.64. The van der Waals surface area contributed by atoms with Crippen LogP contribution in [0.15, 0.2) is 30.3 Å². The van der Waals surface area contributed by atoms with E-state index in [1.54, 1.807) is 11.9 Å². The normalized spacial score (nSPS) is 25.8. The minimum absolute atomic E-state index is 0.0467. The highest BCUT2D eigenvalue weighted by atomic mass is 16.2. The van der Waals surface area contributed by atoms with Crippen molar-refractivity contribution in [2.24, 2.45) is 5.92 Å². The molecule has 25 heavy (non-hydrogen) atoms. The van der Waals surface area contributed by atoms with Crippen LogP contribution in [0.2, 0.25) is 0 Å². The van der Waals surface area contributed by atoms with Gasteiger partial charge in [0.05, 0.1) is 6.54 Å². The number of rotatable bonds is 4. The molecule has 1 saturated carbocycles. The number of imide groups is 1. The molecule has 0 atom stereocenters. The van der Waals surface area contributed by atoms with Crippen molar-refractivity contribution in [3.8, 4) is 0 Å². The predicted molar refractivity (Wildman–Crippen MR) is 93.6 cm³/mol. The van der Waals surface area contributed by atoms with E-state index >= 15 is 0 Å². The zero-order chi connectivity index (χ0) is 18.0. The van der Waals surface area contributed by atoms with E-state index in [2.05, 4.69) is 17.7 Å². The number of urea groups is 1. The Labute approximate surface area is 147 Å². The van der Waals surface area contributed by atoms with Gasteiger partial charge >= 0.3 is 6.03 Å². The van der Waals surface area contributed by atoms with Crippen LogP contribution in [0.1, 0.15) is 32.6 Å². The van der Waals surface area contributed by atoms with Gasteiger partial charge < -0.3 is 10.2 Å². The molecule has 2 N–H and O–H groups in total. The van der Waals surface area contributed by atoms with Crippen molar-refractivity contribution in [1.82, 2.24) is 15.8 Å². The van der Waals surface area contributed by atoms with Gasteiger partial charge in [0.15, 0.2) is 0 Å². The van der Waals surface area contributed by atoms with Crippen molar-refractivity contribution >= 4 is 23.5 Å². The Balaban J connectivity index is 1.61. The summed E-state index contributed by atoms with van der Waals surface area (Å²) in [6.07, 6.45) is 3.03. The van der Waals surface area contributed by atoms with Crippen LogP contribution in [0.5, 0.6) is 0 Å². The van der Waals surface area contributed by atoms with Crippen molar-refractivity contribution in [3.63, 3.8) is 0 Å². The van der Waals surface area contributed by atoms with Gasteiger partial charge in [-0.05, 0) is 43.7 Å². The van der Waals surface area contributed by atoms with E-state index in [4.69, 9.17) is 0 Å². The molecular weight excluding hydrogens is 320 g/mol. The standard InChI is InChI=1S/C18H24N4O3/c1-13-8-10-18(11-9-13)16(24)22(17(25)19-18)20-15(23)12-21(2)14-6-4-3-5-7-14/h3-7,13H,8-12H2,1-2H3,(H,19,25)(H,20,23). The van der Waals surface area contributed by atoms with Crippen LogP contribution in [-0.2, 0) is 9.59 Å². The van der Waals surface area contributed by atoms with Gasteiger partial charge in [-0.2, -0.15) is 5.01 Å². The molecule has 1 aromatic carbocycles. The summed E-state index contributed by atoms with van der Waals surface area (Å²) in [5, 5.41) is 3.63. The third-order valence-corrected chi connectivity index (χ3v) is 5.10. The van der Waals surface area contributed by atoms with Crippen molar-refractivity contribution in [3.05, 3.63) is 30.3 Å². The summed E-state index contributed by atoms with van der Waals surface area (Å²) >= 11 is 0. The molecule has 1 aliphatic heterocycles. The number of benzene rings is 1. The van der Waals surface area contributed by atoms with E-state index in [1.165, 1.54) is 0 Å². The van der Waals surface area contributed by atoms with Gasteiger partial charge in [-0.15, -0.1) is 0 Å². The van der Waals surface area contributed by atoms with Crippen LogP contribution in [0.3, 0.4) is 0 Å². The molecule has 0 unspecified atom stereocenters. The topological polar surface area (TPSA) is 81.8 Å². The van der Waals surface area contributed by atoms with Crippen LogP contribution in [0, 0.1) is 5.92 Å². The Hall–Kier alpha value is -2.57. The number of hydrogen-bond acceptors (Lipinski definition) is 4. The highest BCUT2D eigenvalue weighted by Crippen LogP contribution is 2.35. The average molecular weight is 344 g/mol. The third kappa shape index (κ3) is 3.45. The molecule has 1 saturated heterocycles. The predicted octanol–water partition coefficient (Wildman–Crippen LogP) is 1.65. The van der Waals surface area contributed by atoms with Crippen LogP contribution in [-0.4, -0.2) is 42.0 Å². The Morgan fingerprint density at radius 3 is 2.56 bits per heavy atom. The molecule has 0 radical (unpaired) electrons. The lowest BCUT2D eigenvalue weighted by Gasteiger charge is -2.33. The molecule has 2 fully saturated rings. The summed E-state index contributed by atoms with van der Waals surface area (Å²) in [5.74, 6) is -0.199. The van der Waals surface area contributed by atoms with Crippen LogP contribution in [0.25, 0.3) is 0 Å². The molecule has 1 aliphatic carbocycles. The number of amides is 4. The highest BCUT2D eigenvalue weighted by molar-refractivity contribution is 6.08. The maximum atomic E-state index is 12.7. The highest BCUT2D eigenvalue weighted by Gasteiger charge is 2.52. The van der Waals surface area contributed by atoms with Gasteiger partial charge in [0.25, 0.3) is 11.8 Å². The summed E-state index contributed by atoms with van der Waals surface area (Å²) < 4.78 is 0. The Bertz CT molecular complexity index is 668. The number of hydrazine groups is 1. The molecule has 4 amide bonds. The zero-order valence-electron chi connectivity index (χ0n) is 14.6. The molecule has 1 aromatic rings. The average Bonchev–Trinajstić information content (AvgIpc) is 2.83. The summed E-state index contributed by atoms with van der Waals surface area (Å²) in [4.78, 5) is 38.9. The van der Waals surface area contributed by atoms with Gasteiger partial charge in [0.2, 0.25) is 0 Å². The number of anilines is 1. The van der Waals surface area contributed by atoms with Gasteiger partial charge in [-0.3, -0.25) is 15.0 Å². The smallest absolute Gasteiger partial charge is 0.344 e. The number of carbonyl (C=O) groups is 3. The van der Waals surface area contributed by atoms with Gasteiger partial charge in [0.1, 0.15) is 5.54 Å². The van der Waals surface area contributed by atoms with E-state index in [0.29, 0.717) is 18.8 Å². The lowest BCUT2D eigenvalue weighted by molar-refractivity contribution is -0.139. The second-order valence-corrected chi connectivity index (χ2v) is 7.06. The van der Waals surface area contributed by atoms with Crippen molar-refractivity contribution in [1.29, 1.82) is 0 Å². The molecule has 7 heteroatoms. The fourth-order valence-corrected chi connectivity index (χ4v) is 3.46. The first-order chi connectivity index (χ1) is 11.9. The molecule has 2 aliphatic rings. The molecule has 0 aromatic heterocycles. The number of nitrogens with one attached hydrogen (secondary N) is 2. The van der Waals surface area contributed by atoms with Gasteiger partial charge in [-0.25, -0.2) is 4.79 Å². The Kier molecular flexibility index (Phi) is 4.65. The van der Waals surface area contributed by atoms with Crippen LogP contribution < -0.4 is 15.6 Å². The molecule has 1 heterocycles. The zero-order valence-corrected chi connectivity index (χ0v) is 14.6. The monoisotopic (exact) mass is 344 g/mol. The molecule has 0 bridgehead atoms. The van der Waals surface area contributed by atoms with E-state index < -0.39 is 17.5 Å². The van der Waals surface area contributed by atoms with Gasteiger partial charge in [0, 0.05) is 12.7 Å². The summed E-state index contributed by atoms with van der Waals surface area (Å²) in [6, 6.07) is 8.90. The van der Waals surface area contributed by atoms with Crippen molar-refractivity contribution < 1.29 is 14.4 Å². The van der Waals surface area contributed by atoms with E-state index in [-0.39, 0.29) is 12.5 Å². The van der Waals surface area contributed by atoms with Gasteiger partial charge in [-0.1, -0.05) is 25.1 Å². The number of hydrogen-bond donors (Lipinski definition) is 2. The summed E-state index contributed by atoms with van der Waals surface area (Å²) in [7, 11) is 1.78. The van der Waals surface area contributed by atoms with E-state index in [0.717, 1.165) is 23.5 Å². The number of likely N-dealkylation sites (N-methyl/N-ethyl adjacent to an activating group) is 1. The summed E-state index contributed by atoms with van der Waals surface area (Å²) in [6.45, 7) is 2.19. The summed E-state index contributed by atoms with van der Waals surface area (Å²) in [5.41, 5.74) is 2.49. The molecule has 1 spiro atoms. The maximum Gasteiger partial charge on any atom is 0.344 e. The maximum absolute atomic E-state index is 12.7.